The maximum atomic E-state index is 12.0. The van der Waals surface area contributed by atoms with Gasteiger partial charge in [-0.1, -0.05) is 30.3 Å². The molecular weight excluding hydrogens is 338 g/mol. The van der Waals surface area contributed by atoms with Gasteiger partial charge < -0.3 is 14.8 Å². The lowest BCUT2D eigenvalue weighted by Gasteiger charge is -2.13. The fourth-order valence-corrected chi connectivity index (χ4v) is 2.72. The van der Waals surface area contributed by atoms with Gasteiger partial charge in [-0.2, -0.15) is 0 Å². The largest absolute Gasteiger partial charge is 0.497 e. The van der Waals surface area contributed by atoms with Crippen molar-refractivity contribution in [1.29, 1.82) is 0 Å². The minimum atomic E-state index is -0.831. The minimum absolute atomic E-state index is 0.167. The molecule has 2 aromatic carbocycles. The first kappa shape index (κ1) is 18.9. The first-order chi connectivity index (χ1) is 12.1. The van der Waals surface area contributed by atoms with E-state index in [-0.39, 0.29) is 11.7 Å². The summed E-state index contributed by atoms with van der Waals surface area (Å²) in [7, 11) is 1.60. The quantitative estimate of drug-likeness (QED) is 0.580. The van der Waals surface area contributed by atoms with Crippen LogP contribution < -0.4 is 10.1 Å². The average molecular weight is 359 g/mol. The third-order valence-electron chi connectivity index (χ3n) is 3.40. The van der Waals surface area contributed by atoms with E-state index in [9.17, 15) is 9.59 Å². The van der Waals surface area contributed by atoms with Gasteiger partial charge in [-0.15, -0.1) is 11.8 Å². The second-order valence-corrected chi connectivity index (χ2v) is 6.35. The molecule has 2 aromatic rings. The van der Waals surface area contributed by atoms with E-state index in [0.717, 1.165) is 16.2 Å². The van der Waals surface area contributed by atoms with Crippen LogP contribution in [0.1, 0.15) is 12.5 Å². The van der Waals surface area contributed by atoms with Crippen molar-refractivity contribution >= 4 is 23.6 Å². The van der Waals surface area contributed by atoms with Crippen molar-refractivity contribution in [3.8, 4) is 5.75 Å². The van der Waals surface area contributed by atoms with Crippen LogP contribution in [0.5, 0.6) is 5.75 Å². The minimum Gasteiger partial charge on any atom is -0.497 e. The normalized spacial score (nSPS) is 11.4. The lowest BCUT2D eigenvalue weighted by Crippen LogP contribution is -2.35. The Bertz CT molecular complexity index is 688. The van der Waals surface area contributed by atoms with Gasteiger partial charge in [0.05, 0.1) is 12.9 Å². The van der Waals surface area contributed by atoms with Crippen LogP contribution in [0.15, 0.2) is 59.5 Å². The van der Waals surface area contributed by atoms with Crippen molar-refractivity contribution < 1.29 is 19.1 Å². The van der Waals surface area contributed by atoms with Crippen LogP contribution in [0.4, 0.5) is 0 Å². The van der Waals surface area contributed by atoms with Gasteiger partial charge in [0.1, 0.15) is 5.75 Å². The van der Waals surface area contributed by atoms with Gasteiger partial charge in [-0.3, -0.25) is 9.59 Å². The average Bonchev–Trinajstić information content (AvgIpc) is 2.65. The Morgan fingerprint density at radius 3 is 2.40 bits per heavy atom. The number of methoxy groups -OCH3 is 1. The van der Waals surface area contributed by atoms with E-state index in [2.05, 4.69) is 5.32 Å². The number of hydrogen-bond donors (Lipinski definition) is 1. The number of esters is 1. The predicted molar refractivity (Wildman–Crippen MR) is 97.6 cm³/mol. The second kappa shape index (κ2) is 9.74. The van der Waals surface area contributed by atoms with E-state index in [1.165, 1.54) is 11.8 Å². The zero-order valence-corrected chi connectivity index (χ0v) is 15.0. The van der Waals surface area contributed by atoms with Crippen molar-refractivity contribution in [2.75, 3.05) is 12.9 Å². The fraction of sp³-hybridized carbons (Fsp3) is 0.263. The highest BCUT2D eigenvalue weighted by Crippen LogP contribution is 2.17. The van der Waals surface area contributed by atoms with Gasteiger partial charge in [0.15, 0.2) is 6.10 Å². The molecule has 0 fully saturated rings. The van der Waals surface area contributed by atoms with Crippen LogP contribution in [0.2, 0.25) is 0 Å². The zero-order valence-electron chi connectivity index (χ0n) is 14.2. The van der Waals surface area contributed by atoms with Crippen LogP contribution in [-0.4, -0.2) is 30.8 Å². The molecule has 1 N–H and O–H groups in total. The number of carbonyl (C=O) groups excluding carboxylic acids is 2. The maximum absolute atomic E-state index is 12.0. The molecule has 6 heteroatoms. The van der Waals surface area contributed by atoms with Gasteiger partial charge in [0.25, 0.3) is 5.91 Å². The summed E-state index contributed by atoms with van der Waals surface area (Å²) < 4.78 is 10.3. The van der Waals surface area contributed by atoms with Crippen LogP contribution in [-0.2, 0) is 20.9 Å². The number of carbonyl (C=O) groups is 2. The molecule has 1 atom stereocenters. The molecule has 5 nitrogen and oxygen atoms in total. The first-order valence-corrected chi connectivity index (χ1v) is 8.85. The van der Waals surface area contributed by atoms with Gasteiger partial charge in [0, 0.05) is 11.4 Å². The number of nitrogens with one attached hydrogen (secondary N) is 1. The van der Waals surface area contributed by atoms with E-state index in [1.807, 2.05) is 54.6 Å². The summed E-state index contributed by atoms with van der Waals surface area (Å²) in [6.45, 7) is 1.93. The van der Waals surface area contributed by atoms with Gasteiger partial charge in [0.2, 0.25) is 0 Å². The fourth-order valence-electron chi connectivity index (χ4n) is 2.02. The van der Waals surface area contributed by atoms with E-state index < -0.39 is 12.1 Å². The molecule has 0 spiro atoms. The van der Waals surface area contributed by atoms with Crippen molar-refractivity contribution in [3.05, 3.63) is 60.2 Å². The van der Waals surface area contributed by atoms with Crippen molar-refractivity contribution in [2.24, 2.45) is 0 Å². The number of hydrogen-bond acceptors (Lipinski definition) is 5. The van der Waals surface area contributed by atoms with E-state index in [1.54, 1.807) is 14.0 Å². The lowest BCUT2D eigenvalue weighted by atomic mass is 10.2. The van der Waals surface area contributed by atoms with Crippen LogP contribution in [0.3, 0.4) is 0 Å². The molecule has 0 heterocycles. The summed E-state index contributed by atoms with van der Waals surface area (Å²) in [5, 5.41) is 2.75. The number of thioether (sulfide) groups is 1. The Labute approximate surface area is 151 Å². The number of benzene rings is 2. The SMILES string of the molecule is COc1ccc(CNC(=O)[C@H](C)OC(=O)CSc2ccccc2)cc1. The molecule has 0 unspecified atom stereocenters. The monoisotopic (exact) mass is 359 g/mol. The highest BCUT2D eigenvalue weighted by molar-refractivity contribution is 8.00. The Balaban J connectivity index is 1.72. The molecule has 0 aliphatic carbocycles. The van der Waals surface area contributed by atoms with Crippen LogP contribution in [0, 0.1) is 0 Å². The van der Waals surface area contributed by atoms with Crippen LogP contribution in [0.25, 0.3) is 0 Å². The number of ether oxygens (including phenoxy) is 2. The highest BCUT2D eigenvalue weighted by atomic mass is 32.2. The van der Waals surface area contributed by atoms with Gasteiger partial charge in [-0.05, 0) is 36.8 Å². The molecular formula is C19H21NO4S. The highest BCUT2D eigenvalue weighted by Gasteiger charge is 2.17. The van der Waals surface area contributed by atoms with Crippen LogP contribution >= 0.6 is 11.8 Å². The molecule has 1 amide bonds. The molecule has 0 saturated carbocycles. The van der Waals surface area contributed by atoms with Crippen molar-refractivity contribution in [1.82, 2.24) is 5.32 Å². The molecule has 25 heavy (non-hydrogen) atoms. The zero-order chi connectivity index (χ0) is 18.1. The second-order valence-electron chi connectivity index (χ2n) is 5.30. The maximum Gasteiger partial charge on any atom is 0.317 e. The van der Waals surface area contributed by atoms with E-state index >= 15 is 0 Å². The summed E-state index contributed by atoms with van der Waals surface area (Å²) >= 11 is 1.38. The Morgan fingerprint density at radius 2 is 1.76 bits per heavy atom. The van der Waals surface area contributed by atoms with Gasteiger partial charge >= 0.3 is 5.97 Å². The van der Waals surface area contributed by atoms with Crippen molar-refractivity contribution in [2.45, 2.75) is 24.5 Å². The Kier molecular flexibility index (Phi) is 7.35. The van der Waals surface area contributed by atoms with Gasteiger partial charge in [-0.25, -0.2) is 0 Å². The molecule has 0 aliphatic heterocycles. The summed E-state index contributed by atoms with van der Waals surface area (Å²) in [5.41, 5.74) is 0.937. The summed E-state index contributed by atoms with van der Waals surface area (Å²) in [6, 6.07) is 16.9. The number of amides is 1. The molecule has 0 aliphatic rings. The predicted octanol–water partition coefficient (Wildman–Crippen LogP) is 3.04. The third kappa shape index (κ3) is 6.51. The molecule has 2 rings (SSSR count). The lowest BCUT2D eigenvalue weighted by molar-refractivity contribution is -0.152. The molecule has 0 saturated heterocycles. The molecule has 0 bridgehead atoms. The molecule has 132 valence electrons. The summed E-state index contributed by atoms with van der Waals surface area (Å²) in [5.74, 6) is 0.184. The third-order valence-corrected chi connectivity index (χ3v) is 4.39. The Morgan fingerprint density at radius 1 is 1.08 bits per heavy atom. The van der Waals surface area contributed by atoms with Crippen molar-refractivity contribution in [3.63, 3.8) is 0 Å². The van der Waals surface area contributed by atoms with E-state index in [0.29, 0.717) is 6.54 Å². The standard InChI is InChI=1S/C19H21NO4S/c1-14(24-18(21)13-25-17-6-4-3-5-7-17)19(22)20-12-15-8-10-16(23-2)11-9-15/h3-11,14H,12-13H2,1-2H3,(H,20,22)/t14-/m0/s1. The summed E-state index contributed by atoms with van der Waals surface area (Å²) in [4.78, 5) is 24.9. The topological polar surface area (TPSA) is 64.6 Å². The molecule has 0 radical (unpaired) electrons. The molecule has 0 aromatic heterocycles. The smallest absolute Gasteiger partial charge is 0.317 e. The summed E-state index contributed by atoms with van der Waals surface area (Å²) in [6.07, 6.45) is -0.831. The Hall–Kier alpha value is -2.47. The number of rotatable bonds is 8. The first-order valence-electron chi connectivity index (χ1n) is 7.86. The van der Waals surface area contributed by atoms with E-state index in [4.69, 9.17) is 9.47 Å².